The number of carbonyl (C=O) groups excluding carboxylic acids is 5. The Kier molecular flexibility index (Phi) is 16.2. The number of piperidine rings is 1. The standard InChI is InChI=1S/C58H64Cl2FN9O9/c1-56(2,3)79-55(76)69-21-19-68(20-22-69)50-43-30-44(60)47(42-29-38(71)25-34-10-8-9-11-40(34)42)48(61)49(43)66-53(67-50)62-18-16-57(4,5)77-23-17-58(6,7)78-39-27-36(59)26-37(28-39)64-54(75)63-31-33-12-13-41-35(24-33)32-70(52(41)74)45-14-15-46(72)65-51(45)73/h8-13,24-30,45,71H,14-23,31-32H2,1-7H3,(H,62,66,67)(H2,63,64,75)(H,65,72,73). The number of urea groups is 1. The van der Waals surface area contributed by atoms with Crippen molar-refractivity contribution in [1.29, 1.82) is 0 Å². The Morgan fingerprint density at radius 1 is 0.861 bits per heavy atom. The van der Waals surface area contributed by atoms with Crippen LogP contribution in [0.1, 0.15) is 95.6 Å². The highest BCUT2D eigenvalue weighted by atomic mass is 35.5. The fourth-order valence-electron chi connectivity index (χ4n) is 9.96. The Labute approximate surface area is 467 Å². The minimum absolute atomic E-state index is 0.0348. The van der Waals surface area contributed by atoms with Gasteiger partial charge in [-0.15, -0.1) is 0 Å². The predicted octanol–water partition coefficient (Wildman–Crippen LogP) is 10.6. The van der Waals surface area contributed by atoms with Gasteiger partial charge in [0, 0.05) is 91.9 Å². The van der Waals surface area contributed by atoms with Crippen molar-refractivity contribution in [3.63, 3.8) is 0 Å². The van der Waals surface area contributed by atoms with Crippen LogP contribution < -0.4 is 30.9 Å². The highest BCUT2D eigenvalue weighted by Crippen LogP contribution is 2.43. The van der Waals surface area contributed by atoms with E-state index in [-0.39, 0.29) is 65.5 Å². The number of phenols is 1. The van der Waals surface area contributed by atoms with Gasteiger partial charge in [-0.05, 0) is 125 Å². The molecular weight excluding hydrogens is 1060 g/mol. The summed E-state index contributed by atoms with van der Waals surface area (Å²) >= 11 is 13.5. The van der Waals surface area contributed by atoms with Gasteiger partial charge in [0.25, 0.3) is 5.91 Å². The van der Waals surface area contributed by atoms with Gasteiger partial charge in [-0.2, -0.15) is 4.98 Å². The Morgan fingerprint density at radius 3 is 2.37 bits per heavy atom. The summed E-state index contributed by atoms with van der Waals surface area (Å²) in [5.74, 6) is -0.754. The topological polar surface area (TPSA) is 217 Å². The number of anilines is 3. The zero-order valence-electron chi connectivity index (χ0n) is 45.2. The molecule has 0 radical (unpaired) electrons. The molecule has 2 saturated heterocycles. The van der Waals surface area contributed by atoms with Gasteiger partial charge in [-0.1, -0.05) is 59.6 Å². The molecule has 3 aliphatic heterocycles. The Bertz CT molecular complexity index is 3380. The van der Waals surface area contributed by atoms with Crippen LogP contribution in [0.2, 0.25) is 10.0 Å². The number of phenolic OH excluding ortho intramolecular Hbond substituents is 1. The first-order valence-corrected chi connectivity index (χ1v) is 27.0. The van der Waals surface area contributed by atoms with Crippen LogP contribution in [0, 0.1) is 5.82 Å². The highest BCUT2D eigenvalue weighted by Gasteiger charge is 2.39. The summed E-state index contributed by atoms with van der Waals surface area (Å²) in [5.41, 5.74) is 0.881. The number of hydrogen-bond acceptors (Lipinski definition) is 13. The molecule has 0 spiro atoms. The third-order valence-electron chi connectivity index (χ3n) is 14.0. The molecule has 6 aromatic rings. The van der Waals surface area contributed by atoms with E-state index in [1.165, 1.54) is 11.0 Å². The van der Waals surface area contributed by atoms with E-state index in [0.29, 0.717) is 102 Å². The van der Waals surface area contributed by atoms with E-state index >= 15 is 4.39 Å². The second kappa shape index (κ2) is 22.7. The maximum atomic E-state index is 17.2. The van der Waals surface area contributed by atoms with Gasteiger partial charge in [-0.25, -0.2) is 19.0 Å². The highest BCUT2D eigenvalue weighted by molar-refractivity contribution is 6.35. The number of benzene rings is 5. The first-order chi connectivity index (χ1) is 37.4. The van der Waals surface area contributed by atoms with Crippen LogP contribution in [0.5, 0.6) is 11.5 Å². The number of hydrogen-bond donors (Lipinski definition) is 5. The molecule has 9 rings (SSSR count). The predicted molar refractivity (Wildman–Crippen MR) is 301 cm³/mol. The van der Waals surface area contributed by atoms with E-state index < -0.39 is 46.7 Å². The van der Waals surface area contributed by atoms with Crippen LogP contribution in [0.4, 0.5) is 31.4 Å². The molecule has 2 fully saturated rings. The lowest BCUT2D eigenvalue weighted by Gasteiger charge is -2.36. The molecule has 1 unspecified atom stereocenters. The monoisotopic (exact) mass is 1120 g/mol. The van der Waals surface area contributed by atoms with Crippen LogP contribution >= 0.6 is 23.2 Å². The van der Waals surface area contributed by atoms with Crippen molar-refractivity contribution in [3.8, 4) is 22.6 Å². The molecule has 6 amide bonds. The van der Waals surface area contributed by atoms with E-state index in [1.54, 1.807) is 47.4 Å². The molecule has 4 heterocycles. The molecule has 1 aromatic heterocycles. The van der Waals surface area contributed by atoms with Crippen molar-refractivity contribution >= 4 is 92.2 Å². The van der Waals surface area contributed by atoms with Gasteiger partial charge < -0.3 is 50.0 Å². The van der Waals surface area contributed by atoms with Gasteiger partial charge in [0.1, 0.15) is 40.1 Å². The zero-order valence-corrected chi connectivity index (χ0v) is 46.7. The fraction of sp³-hybridized carbons (Fsp3) is 0.397. The normalized spacial score (nSPS) is 16.1. The second-order valence-corrected chi connectivity index (χ2v) is 23.1. The molecular formula is C58H64Cl2FN9O9. The molecule has 5 aromatic carbocycles. The van der Waals surface area contributed by atoms with Crippen LogP contribution in [-0.4, -0.2) is 117 Å². The van der Waals surface area contributed by atoms with E-state index in [2.05, 4.69) is 21.3 Å². The number of fused-ring (bicyclic) bond motifs is 3. The van der Waals surface area contributed by atoms with Crippen molar-refractivity contribution in [1.82, 2.24) is 30.4 Å². The van der Waals surface area contributed by atoms with Gasteiger partial charge in [0.2, 0.25) is 17.8 Å². The maximum Gasteiger partial charge on any atom is 0.410 e. The lowest BCUT2D eigenvalue weighted by atomic mass is 9.96. The number of rotatable bonds is 16. The lowest BCUT2D eigenvalue weighted by molar-refractivity contribution is -0.136. The summed E-state index contributed by atoms with van der Waals surface area (Å²) in [5, 5.41) is 24.3. The third kappa shape index (κ3) is 13.3. The number of halogens is 3. The van der Waals surface area contributed by atoms with Crippen LogP contribution in [0.15, 0.2) is 78.9 Å². The molecule has 79 heavy (non-hydrogen) atoms. The lowest BCUT2D eigenvalue weighted by Crippen LogP contribution is -2.52. The molecule has 18 nitrogen and oxygen atoms in total. The summed E-state index contributed by atoms with van der Waals surface area (Å²) in [7, 11) is 0. The number of aromatic hydroxyl groups is 1. The SMILES string of the molecule is CC(C)(C)OC(=O)N1CCN(c2nc(NCCC(C)(C)OCCC(C)(C)Oc3cc(Cl)cc(NC(=O)NCc4ccc5c(c4)CN(C4CCC(=O)NC4=O)C5=O)c3)nc3c(F)c(-c4cc(O)cc5ccccc45)c(Cl)cc23)CC1. The first kappa shape index (κ1) is 56.2. The Balaban J connectivity index is 0.810. The number of ether oxygens (including phenoxy) is 3. The molecule has 416 valence electrons. The van der Waals surface area contributed by atoms with Gasteiger partial charge >= 0.3 is 12.1 Å². The number of aromatic nitrogens is 2. The first-order valence-electron chi connectivity index (χ1n) is 26.2. The largest absolute Gasteiger partial charge is 0.508 e. The Morgan fingerprint density at radius 2 is 1.62 bits per heavy atom. The molecule has 21 heteroatoms. The molecule has 5 N–H and O–H groups in total. The van der Waals surface area contributed by atoms with E-state index in [1.807, 2.05) is 83.7 Å². The summed E-state index contributed by atoms with van der Waals surface area (Å²) in [6.07, 6.45) is 1.00. The molecule has 0 bridgehead atoms. The zero-order chi connectivity index (χ0) is 56.6. The molecule has 1 atom stereocenters. The number of carbonyl (C=O) groups is 5. The quantitative estimate of drug-likeness (QED) is 0.0571. The van der Waals surface area contributed by atoms with Gasteiger partial charge in [0.05, 0.1) is 17.2 Å². The maximum absolute atomic E-state index is 17.2. The summed E-state index contributed by atoms with van der Waals surface area (Å²) < 4.78 is 35.7. The minimum Gasteiger partial charge on any atom is -0.508 e. The number of piperazine rings is 1. The van der Waals surface area contributed by atoms with Crippen molar-refractivity contribution in [2.75, 3.05) is 54.9 Å². The van der Waals surface area contributed by atoms with Crippen LogP contribution in [0.25, 0.3) is 32.8 Å². The average molecular weight is 1120 g/mol. The van der Waals surface area contributed by atoms with Crippen molar-refractivity contribution < 1.29 is 47.7 Å². The summed E-state index contributed by atoms with van der Waals surface area (Å²) in [6, 6.07) is 21.1. The third-order valence-corrected chi connectivity index (χ3v) is 14.5. The van der Waals surface area contributed by atoms with E-state index in [4.69, 9.17) is 47.4 Å². The van der Waals surface area contributed by atoms with Crippen LogP contribution in [-0.2, 0) is 32.2 Å². The molecule has 0 aliphatic carbocycles. The van der Waals surface area contributed by atoms with E-state index in [9.17, 15) is 29.1 Å². The van der Waals surface area contributed by atoms with Gasteiger partial charge in [-0.3, -0.25) is 19.7 Å². The van der Waals surface area contributed by atoms with Crippen molar-refractivity contribution in [2.24, 2.45) is 0 Å². The number of amides is 6. The number of nitrogens with zero attached hydrogens (tertiary/aromatic N) is 5. The van der Waals surface area contributed by atoms with Gasteiger partial charge in [0.15, 0.2) is 5.82 Å². The summed E-state index contributed by atoms with van der Waals surface area (Å²) in [6.45, 7) is 15.8. The number of nitrogens with one attached hydrogen (secondary N) is 4. The average Bonchev–Trinajstić information content (AvgIpc) is 3.78. The van der Waals surface area contributed by atoms with Crippen molar-refractivity contribution in [2.45, 2.75) is 110 Å². The van der Waals surface area contributed by atoms with E-state index in [0.717, 1.165) is 11.1 Å². The minimum atomic E-state index is -0.731. The smallest absolute Gasteiger partial charge is 0.410 e. The summed E-state index contributed by atoms with van der Waals surface area (Å²) in [4.78, 5) is 78.1. The molecule has 0 saturated carbocycles. The number of imide groups is 1. The second-order valence-electron chi connectivity index (χ2n) is 22.3. The molecule has 3 aliphatic rings. The van der Waals surface area contributed by atoms with Crippen molar-refractivity contribution in [3.05, 3.63) is 111 Å². The fourth-order valence-corrected chi connectivity index (χ4v) is 10.5. The Hall–Kier alpha value is -7.48. The van der Waals surface area contributed by atoms with Crippen LogP contribution in [0.3, 0.4) is 0 Å².